The summed E-state index contributed by atoms with van der Waals surface area (Å²) in [5, 5.41) is 1.09. The molecule has 0 saturated heterocycles. The van der Waals surface area contributed by atoms with E-state index in [4.69, 9.17) is 4.74 Å². The van der Waals surface area contributed by atoms with Gasteiger partial charge in [-0.25, -0.2) is 4.79 Å². The van der Waals surface area contributed by atoms with E-state index in [1.165, 1.54) is 5.56 Å². The second kappa shape index (κ2) is 5.30. The van der Waals surface area contributed by atoms with Crippen LogP contribution in [-0.4, -0.2) is 17.6 Å². The molecule has 0 fully saturated rings. The fraction of sp³-hybridized carbons (Fsp3) is 0.357. The van der Waals surface area contributed by atoms with Crippen LogP contribution in [0.15, 0.2) is 18.2 Å². The summed E-state index contributed by atoms with van der Waals surface area (Å²) in [4.78, 5) is 15.1. The van der Waals surface area contributed by atoms with Crippen LogP contribution in [0, 0.1) is 3.57 Å². The minimum absolute atomic E-state index is 0.284. The third-order valence-corrected chi connectivity index (χ3v) is 4.02. The molecular weight excluding hydrogens is 341 g/mol. The van der Waals surface area contributed by atoms with E-state index >= 15 is 0 Å². The van der Waals surface area contributed by atoms with Crippen molar-refractivity contribution < 1.29 is 9.53 Å². The SMILES string of the molecule is CCOC(=O)c1[nH]c2c(C(C)C)cccc2c1I. The van der Waals surface area contributed by atoms with Crippen LogP contribution in [-0.2, 0) is 4.74 Å². The molecule has 0 unspecified atom stereocenters. The van der Waals surface area contributed by atoms with Crippen LogP contribution in [0.3, 0.4) is 0 Å². The van der Waals surface area contributed by atoms with E-state index in [1.807, 2.05) is 19.1 Å². The van der Waals surface area contributed by atoms with Gasteiger partial charge in [-0.15, -0.1) is 0 Å². The molecule has 0 saturated carbocycles. The summed E-state index contributed by atoms with van der Waals surface area (Å²) in [5.41, 5.74) is 2.82. The maximum Gasteiger partial charge on any atom is 0.355 e. The fourth-order valence-corrected chi connectivity index (χ4v) is 2.84. The Kier molecular flexibility index (Phi) is 3.94. The van der Waals surface area contributed by atoms with Crippen molar-refractivity contribution in [2.45, 2.75) is 26.7 Å². The molecule has 0 spiro atoms. The fourth-order valence-electron chi connectivity index (χ4n) is 2.03. The van der Waals surface area contributed by atoms with E-state index in [9.17, 15) is 4.79 Å². The molecular formula is C14H16INO2. The van der Waals surface area contributed by atoms with Crippen LogP contribution in [0.25, 0.3) is 10.9 Å². The molecule has 0 radical (unpaired) electrons. The van der Waals surface area contributed by atoms with Crippen LogP contribution in [0.5, 0.6) is 0 Å². The number of aromatic nitrogens is 1. The van der Waals surface area contributed by atoms with E-state index < -0.39 is 0 Å². The Balaban J connectivity index is 2.62. The van der Waals surface area contributed by atoms with E-state index in [1.54, 1.807) is 0 Å². The number of aromatic amines is 1. The zero-order chi connectivity index (χ0) is 13.3. The Hall–Kier alpha value is -1.04. The number of halogens is 1. The van der Waals surface area contributed by atoms with Gasteiger partial charge in [0.05, 0.1) is 15.7 Å². The number of ether oxygens (including phenoxy) is 1. The number of para-hydroxylation sites is 1. The van der Waals surface area contributed by atoms with E-state index in [-0.39, 0.29) is 5.97 Å². The lowest BCUT2D eigenvalue weighted by molar-refractivity contribution is 0.0519. The third-order valence-electron chi connectivity index (χ3n) is 2.90. The highest BCUT2D eigenvalue weighted by atomic mass is 127. The van der Waals surface area contributed by atoms with E-state index in [2.05, 4.69) is 47.5 Å². The Bertz CT molecular complexity index is 587. The summed E-state index contributed by atoms with van der Waals surface area (Å²) in [6.45, 7) is 6.49. The van der Waals surface area contributed by atoms with E-state index in [0.29, 0.717) is 18.2 Å². The minimum atomic E-state index is -0.284. The number of hydrogen-bond donors (Lipinski definition) is 1. The molecule has 1 aromatic carbocycles. The van der Waals surface area contributed by atoms with E-state index in [0.717, 1.165) is 14.5 Å². The van der Waals surface area contributed by atoms with Crippen molar-refractivity contribution in [2.24, 2.45) is 0 Å². The number of hydrogen-bond acceptors (Lipinski definition) is 2. The Morgan fingerprint density at radius 1 is 1.44 bits per heavy atom. The zero-order valence-electron chi connectivity index (χ0n) is 10.7. The maximum absolute atomic E-state index is 11.9. The molecule has 18 heavy (non-hydrogen) atoms. The number of nitrogens with one attached hydrogen (secondary N) is 1. The molecule has 96 valence electrons. The Labute approximate surface area is 120 Å². The van der Waals surface area contributed by atoms with Crippen molar-refractivity contribution >= 4 is 39.5 Å². The molecule has 0 bridgehead atoms. The Morgan fingerprint density at radius 3 is 2.78 bits per heavy atom. The highest BCUT2D eigenvalue weighted by Crippen LogP contribution is 2.30. The molecule has 1 aromatic heterocycles. The number of carbonyl (C=O) groups excluding carboxylic acids is 1. The second-order valence-corrected chi connectivity index (χ2v) is 5.54. The topological polar surface area (TPSA) is 42.1 Å². The van der Waals surface area contributed by atoms with Crippen LogP contribution in [0.1, 0.15) is 42.7 Å². The summed E-state index contributed by atoms with van der Waals surface area (Å²) in [6.07, 6.45) is 0. The zero-order valence-corrected chi connectivity index (χ0v) is 12.9. The van der Waals surface area contributed by atoms with Gasteiger partial charge in [-0.1, -0.05) is 32.0 Å². The predicted octanol–water partition coefficient (Wildman–Crippen LogP) is 4.07. The molecule has 0 atom stereocenters. The van der Waals surface area contributed by atoms with Crippen molar-refractivity contribution in [2.75, 3.05) is 6.61 Å². The molecule has 0 aliphatic rings. The molecule has 4 heteroatoms. The standard InChI is InChI=1S/C14H16INO2/c1-4-18-14(17)13-11(15)10-7-5-6-9(8(2)3)12(10)16-13/h5-8,16H,4H2,1-3H3. The first-order valence-electron chi connectivity index (χ1n) is 6.03. The first-order chi connectivity index (χ1) is 8.56. The molecule has 0 aliphatic heterocycles. The van der Waals surface area contributed by atoms with Gasteiger partial charge in [-0.3, -0.25) is 0 Å². The van der Waals surface area contributed by atoms with Gasteiger partial charge >= 0.3 is 5.97 Å². The number of carbonyl (C=O) groups is 1. The summed E-state index contributed by atoms with van der Waals surface area (Å²) in [6, 6.07) is 6.15. The highest BCUT2D eigenvalue weighted by Gasteiger charge is 2.18. The average molecular weight is 357 g/mol. The van der Waals surface area contributed by atoms with Crippen molar-refractivity contribution in [3.05, 3.63) is 33.0 Å². The lowest BCUT2D eigenvalue weighted by Crippen LogP contribution is -2.06. The van der Waals surface area contributed by atoms with Gasteiger partial charge < -0.3 is 9.72 Å². The molecule has 1 heterocycles. The molecule has 2 aromatic rings. The first-order valence-corrected chi connectivity index (χ1v) is 7.11. The van der Waals surface area contributed by atoms with Crippen LogP contribution < -0.4 is 0 Å². The maximum atomic E-state index is 11.9. The average Bonchev–Trinajstić information content (AvgIpc) is 2.67. The van der Waals surface area contributed by atoms with Gasteiger partial charge in [0.15, 0.2) is 0 Å². The van der Waals surface area contributed by atoms with Gasteiger partial charge in [-0.2, -0.15) is 0 Å². The van der Waals surface area contributed by atoms with Crippen LogP contribution >= 0.6 is 22.6 Å². The minimum Gasteiger partial charge on any atom is -0.461 e. The highest BCUT2D eigenvalue weighted by molar-refractivity contribution is 14.1. The normalized spacial score (nSPS) is 11.2. The number of fused-ring (bicyclic) bond motifs is 1. The monoisotopic (exact) mass is 357 g/mol. The molecule has 1 N–H and O–H groups in total. The molecule has 3 nitrogen and oxygen atoms in total. The Morgan fingerprint density at radius 2 is 2.17 bits per heavy atom. The van der Waals surface area contributed by atoms with Crippen molar-refractivity contribution in [1.82, 2.24) is 4.98 Å². The smallest absolute Gasteiger partial charge is 0.355 e. The summed E-state index contributed by atoms with van der Waals surface area (Å²) >= 11 is 2.20. The van der Waals surface area contributed by atoms with Gasteiger partial charge in [0.2, 0.25) is 0 Å². The lowest BCUT2D eigenvalue weighted by atomic mass is 10.0. The van der Waals surface area contributed by atoms with Gasteiger partial charge in [-0.05, 0) is 41.0 Å². The van der Waals surface area contributed by atoms with Crippen molar-refractivity contribution in [1.29, 1.82) is 0 Å². The summed E-state index contributed by atoms with van der Waals surface area (Å²) < 4.78 is 6.00. The largest absolute Gasteiger partial charge is 0.461 e. The van der Waals surface area contributed by atoms with Crippen LogP contribution in [0.4, 0.5) is 0 Å². The number of esters is 1. The van der Waals surface area contributed by atoms with Crippen LogP contribution in [0.2, 0.25) is 0 Å². The number of rotatable bonds is 3. The second-order valence-electron chi connectivity index (χ2n) is 4.46. The number of H-pyrrole nitrogens is 1. The summed E-state index contributed by atoms with van der Waals surface area (Å²) in [5.74, 6) is 0.131. The quantitative estimate of drug-likeness (QED) is 0.665. The number of benzene rings is 1. The third kappa shape index (κ3) is 2.25. The van der Waals surface area contributed by atoms with Gasteiger partial charge in [0, 0.05) is 5.39 Å². The van der Waals surface area contributed by atoms with Crippen molar-refractivity contribution in [3.63, 3.8) is 0 Å². The first kappa shape index (κ1) is 13.4. The lowest BCUT2D eigenvalue weighted by Gasteiger charge is -2.06. The van der Waals surface area contributed by atoms with Gasteiger partial charge in [0.25, 0.3) is 0 Å². The van der Waals surface area contributed by atoms with Crippen molar-refractivity contribution in [3.8, 4) is 0 Å². The predicted molar refractivity (Wildman–Crippen MR) is 81.1 cm³/mol. The molecule has 2 rings (SSSR count). The van der Waals surface area contributed by atoms with Gasteiger partial charge in [0.1, 0.15) is 5.69 Å². The summed E-state index contributed by atoms with van der Waals surface area (Å²) in [7, 11) is 0. The molecule has 0 amide bonds. The molecule has 0 aliphatic carbocycles.